The first-order chi connectivity index (χ1) is 9.38. The molecule has 0 aromatic heterocycles. The fourth-order valence-electron chi connectivity index (χ4n) is 1.70. The minimum absolute atomic E-state index is 0.709. The summed E-state index contributed by atoms with van der Waals surface area (Å²) in [5, 5.41) is 3.26. The average Bonchev–Trinajstić information content (AvgIpc) is 2.45. The molecule has 0 bridgehead atoms. The lowest BCUT2D eigenvalue weighted by Gasteiger charge is -2.07. The van der Waals surface area contributed by atoms with Gasteiger partial charge in [-0.2, -0.15) is 0 Å². The molecular formula is C17H17NO. The summed E-state index contributed by atoms with van der Waals surface area (Å²) in [6.45, 7) is 3.34. The molecule has 0 radical (unpaired) electrons. The number of hydrogen-bond acceptors (Lipinski definition) is 2. The van der Waals surface area contributed by atoms with Crippen LogP contribution in [-0.2, 0) is 6.54 Å². The predicted octanol–water partition coefficient (Wildman–Crippen LogP) is 3.59. The predicted molar refractivity (Wildman–Crippen MR) is 78.1 cm³/mol. The van der Waals surface area contributed by atoms with Crippen molar-refractivity contribution in [3.63, 3.8) is 0 Å². The SMILES string of the molecule is CC#CCNCc1cccc(Oc2ccccc2)c1. The topological polar surface area (TPSA) is 21.3 Å². The van der Waals surface area contributed by atoms with E-state index in [9.17, 15) is 0 Å². The lowest BCUT2D eigenvalue weighted by atomic mass is 10.2. The number of rotatable bonds is 5. The Kier molecular flexibility index (Phi) is 5.04. The van der Waals surface area contributed by atoms with Crippen LogP contribution in [-0.4, -0.2) is 6.54 Å². The Bertz CT molecular complexity index is 567. The third-order valence-corrected chi connectivity index (χ3v) is 2.60. The average molecular weight is 251 g/mol. The van der Waals surface area contributed by atoms with Gasteiger partial charge < -0.3 is 10.1 Å². The van der Waals surface area contributed by atoms with Crippen LogP contribution in [0.3, 0.4) is 0 Å². The van der Waals surface area contributed by atoms with Crippen LogP contribution in [0.15, 0.2) is 54.6 Å². The van der Waals surface area contributed by atoms with Gasteiger partial charge in [0, 0.05) is 6.54 Å². The number of nitrogens with one attached hydrogen (secondary N) is 1. The maximum atomic E-state index is 5.79. The van der Waals surface area contributed by atoms with Crippen LogP contribution in [0.4, 0.5) is 0 Å². The third kappa shape index (κ3) is 4.50. The molecule has 2 nitrogen and oxygen atoms in total. The number of benzene rings is 2. The zero-order chi connectivity index (χ0) is 13.3. The number of hydrogen-bond donors (Lipinski definition) is 1. The summed E-state index contributed by atoms with van der Waals surface area (Å²) in [5.41, 5.74) is 1.19. The highest BCUT2D eigenvalue weighted by molar-refractivity contribution is 5.33. The molecule has 0 unspecified atom stereocenters. The van der Waals surface area contributed by atoms with E-state index in [4.69, 9.17) is 4.74 Å². The highest BCUT2D eigenvalue weighted by atomic mass is 16.5. The smallest absolute Gasteiger partial charge is 0.127 e. The number of para-hydroxylation sites is 1. The van der Waals surface area contributed by atoms with Crippen molar-refractivity contribution in [3.05, 3.63) is 60.2 Å². The molecule has 0 saturated carbocycles. The van der Waals surface area contributed by atoms with Gasteiger partial charge in [0.25, 0.3) is 0 Å². The van der Waals surface area contributed by atoms with Crippen molar-refractivity contribution in [2.45, 2.75) is 13.5 Å². The maximum absolute atomic E-state index is 5.79. The summed E-state index contributed by atoms with van der Waals surface area (Å²) >= 11 is 0. The molecule has 0 aliphatic heterocycles. The first-order valence-electron chi connectivity index (χ1n) is 6.30. The molecule has 96 valence electrons. The molecule has 0 atom stereocenters. The Balaban J connectivity index is 1.96. The lowest BCUT2D eigenvalue weighted by Crippen LogP contribution is -2.12. The van der Waals surface area contributed by atoms with Gasteiger partial charge in [-0.25, -0.2) is 0 Å². The first-order valence-corrected chi connectivity index (χ1v) is 6.30. The van der Waals surface area contributed by atoms with E-state index in [0.717, 1.165) is 18.0 Å². The van der Waals surface area contributed by atoms with E-state index in [1.165, 1.54) is 5.56 Å². The Morgan fingerprint density at radius 1 is 1.00 bits per heavy atom. The van der Waals surface area contributed by atoms with Crippen LogP contribution in [0, 0.1) is 11.8 Å². The molecule has 0 heterocycles. The van der Waals surface area contributed by atoms with Gasteiger partial charge in [-0.1, -0.05) is 36.3 Å². The largest absolute Gasteiger partial charge is 0.457 e. The van der Waals surface area contributed by atoms with E-state index >= 15 is 0 Å². The monoisotopic (exact) mass is 251 g/mol. The highest BCUT2D eigenvalue weighted by Crippen LogP contribution is 2.21. The van der Waals surface area contributed by atoms with E-state index in [1.54, 1.807) is 0 Å². The van der Waals surface area contributed by atoms with Crippen LogP contribution in [0.2, 0.25) is 0 Å². The van der Waals surface area contributed by atoms with Crippen molar-refractivity contribution in [2.24, 2.45) is 0 Å². The molecule has 0 aliphatic rings. The zero-order valence-corrected chi connectivity index (χ0v) is 11.0. The second kappa shape index (κ2) is 7.25. The summed E-state index contributed by atoms with van der Waals surface area (Å²) in [5.74, 6) is 7.55. The molecule has 1 N–H and O–H groups in total. The standard InChI is InChI=1S/C17H17NO/c1-2-3-12-18-14-15-8-7-11-17(13-15)19-16-9-5-4-6-10-16/h4-11,13,18H,12,14H2,1H3. The van der Waals surface area contributed by atoms with Crippen LogP contribution in [0.1, 0.15) is 12.5 Å². The molecule has 2 aromatic rings. The van der Waals surface area contributed by atoms with Gasteiger partial charge in [0.05, 0.1) is 6.54 Å². The van der Waals surface area contributed by atoms with E-state index < -0.39 is 0 Å². The second-order valence-electron chi connectivity index (χ2n) is 4.09. The molecule has 0 aliphatic carbocycles. The van der Waals surface area contributed by atoms with E-state index in [0.29, 0.717) is 6.54 Å². The molecule has 0 fully saturated rings. The van der Waals surface area contributed by atoms with Crippen molar-refractivity contribution in [2.75, 3.05) is 6.54 Å². The Morgan fingerprint density at radius 2 is 1.79 bits per heavy atom. The summed E-state index contributed by atoms with van der Waals surface area (Å²) in [7, 11) is 0. The minimum Gasteiger partial charge on any atom is -0.457 e. The minimum atomic E-state index is 0.709. The molecule has 0 saturated heterocycles. The molecule has 19 heavy (non-hydrogen) atoms. The first kappa shape index (κ1) is 13.2. The Hall–Kier alpha value is -2.24. The Labute approximate surface area is 114 Å². The molecule has 2 rings (SSSR count). The highest BCUT2D eigenvalue weighted by Gasteiger charge is 1.98. The van der Waals surface area contributed by atoms with Crippen molar-refractivity contribution in [1.29, 1.82) is 0 Å². The van der Waals surface area contributed by atoms with Crippen molar-refractivity contribution in [1.82, 2.24) is 5.32 Å². The van der Waals surface area contributed by atoms with Crippen LogP contribution >= 0.6 is 0 Å². The van der Waals surface area contributed by atoms with Crippen LogP contribution in [0.5, 0.6) is 11.5 Å². The van der Waals surface area contributed by atoms with Gasteiger partial charge >= 0.3 is 0 Å². The lowest BCUT2D eigenvalue weighted by molar-refractivity contribution is 0.481. The summed E-state index contributed by atoms with van der Waals surface area (Å²) in [4.78, 5) is 0. The van der Waals surface area contributed by atoms with Crippen molar-refractivity contribution in [3.8, 4) is 23.3 Å². The normalized spacial score (nSPS) is 9.53. The van der Waals surface area contributed by atoms with Crippen molar-refractivity contribution < 1.29 is 4.74 Å². The van der Waals surface area contributed by atoms with Crippen molar-refractivity contribution >= 4 is 0 Å². The van der Waals surface area contributed by atoms with E-state index in [1.807, 2.05) is 55.5 Å². The summed E-state index contributed by atoms with van der Waals surface area (Å²) in [6.07, 6.45) is 0. The molecule has 2 heteroatoms. The summed E-state index contributed by atoms with van der Waals surface area (Å²) in [6, 6.07) is 17.9. The van der Waals surface area contributed by atoms with Gasteiger partial charge in [-0.05, 0) is 36.8 Å². The van der Waals surface area contributed by atoms with Crippen LogP contribution in [0.25, 0.3) is 0 Å². The Morgan fingerprint density at radius 3 is 2.58 bits per heavy atom. The number of ether oxygens (including phenoxy) is 1. The fraction of sp³-hybridized carbons (Fsp3) is 0.176. The summed E-state index contributed by atoms with van der Waals surface area (Å²) < 4.78 is 5.79. The van der Waals surface area contributed by atoms with E-state index in [2.05, 4.69) is 23.2 Å². The van der Waals surface area contributed by atoms with Gasteiger partial charge in [0.2, 0.25) is 0 Å². The van der Waals surface area contributed by atoms with E-state index in [-0.39, 0.29) is 0 Å². The third-order valence-electron chi connectivity index (χ3n) is 2.60. The molecular weight excluding hydrogens is 234 g/mol. The maximum Gasteiger partial charge on any atom is 0.127 e. The van der Waals surface area contributed by atoms with Gasteiger partial charge in [0.15, 0.2) is 0 Å². The van der Waals surface area contributed by atoms with Gasteiger partial charge in [-0.3, -0.25) is 0 Å². The zero-order valence-electron chi connectivity index (χ0n) is 11.0. The second-order valence-corrected chi connectivity index (χ2v) is 4.09. The molecule has 0 spiro atoms. The fourth-order valence-corrected chi connectivity index (χ4v) is 1.70. The van der Waals surface area contributed by atoms with Gasteiger partial charge in [0.1, 0.15) is 11.5 Å². The van der Waals surface area contributed by atoms with Crippen LogP contribution < -0.4 is 10.1 Å². The molecule has 2 aromatic carbocycles. The quantitative estimate of drug-likeness (QED) is 0.647. The molecule has 0 amide bonds. The van der Waals surface area contributed by atoms with Gasteiger partial charge in [-0.15, -0.1) is 5.92 Å².